The standard InChI is InChI=1S/C6H10O4S/c7-6(8)4-5-2-1-3-11(5,9)10/h5H,1-4H2,(H,7,8)/t5-/m0/s1. The van der Waals surface area contributed by atoms with Crippen molar-refractivity contribution in [2.75, 3.05) is 5.75 Å². The summed E-state index contributed by atoms with van der Waals surface area (Å²) in [4.78, 5) is 10.2. The second kappa shape index (κ2) is 2.81. The quantitative estimate of drug-likeness (QED) is 0.648. The molecule has 1 N–H and O–H groups in total. The molecule has 0 aromatic carbocycles. The van der Waals surface area contributed by atoms with Crippen molar-refractivity contribution in [2.24, 2.45) is 0 Å². The molecule has 1 saturated heterocycles. The number of sulfone groups is 1. The van der Waals surface area contributed by atoms with Gasteiger partial charge >= 0.3 is 5.97 Å². The lowest BCUT2D eigenvalue weighted by atomic mass is 10.2. The maximum Gasteiger partial charge on any atom is 0.304 e. The van der Waals surface area contributed by atoms with E-state index in [9.17, 15) is 13.2 Å². The lowest BCUT2D eigenvalue weighted by Gasteiger charge is -2.03. The van der Waals surface area contributed by atoms with E-state index in [-0.39, 0.29) is 12.2 Å². The van der Waals surface area contributed by atoms with Gasteiger partial charge in [0.05, 0.1) is 17.4 Å². The van der Waals surface area contributed by atoms with E-state index >= 15 is 0 Å². The van der Waals surface area contributed by atoms with Crippen LogP contribution in [0.1, 0.15) is 19.3 Å². The molecule has 0 aromatic rings. The second-order valence-corrected chi connectivity index (χ2v) is 5.13. The van der Waals surface area contributed by atoms with Gasteiger partial charge in [-0.15, -0.1) is 0 Å². The Hall–Kier alpha value is -0.580. The van der Waals surface area contributed by atoms with E-state index in [2.05, 4.69) is 0 Å². The predicted octanol–water partition coefficient (Wildman–Crippen LogP) is 0.0383. The van der Waals surface area contributed by atoms with Crippen molar-refractivity contribution in [1.29, 1.82) is 0 Å². The van der Waals surface area contributed by atoms with Crippen LogP contribution in [0.4, 0.5) is 0 Å². The highest BCUT2D eigenvalue weighted by Crippen LogP contribution is 2.22. The number of carboxylic acid groups (broad SMARTS) is 1. The summed E-state index contributed by atoms with van der Waals surface area (Å²) in [6.45, 7) is 0. The van der Waals surface area contributed by atoms with Gasteiger partial charge in [-0.3, -0.25) is 4.79 Å². The fourth-order valence-electron chi connectivity index (χ4n) is 1.28. The second-order valence-electron chi connectivity index (χ2n) is 2.73. The Morgan fingerprint density at radius 2 is 2.18 bits per heavy atom. The number of carbonyl (C=O) groups is 1. The van der Waals surface area contributed by atoms with Gasteiger partial charge in [-0.1, -0.05) is 0 Å². The first-order valence-electron chi connectivity index (χ1n) is 3.46. The molecule has 0 amide bonds. The largest absolute Gasteiger partial charge is 0.481 e. The van der Waals surface area contributed by atoms with Gasteiger partial charge in [0, 0.05) is 0 Å². The topological polar surface area (TPSA) is 71.4 Å². The highest BCUT2D eigenvalue weighted by atomic mass is 32.2. The molecule has 11 heavy (non-hydrogen) atoms. The fraction of sp³-hybridized carbons (Fsp3) is 0.833. The number of hydrogen-bond acceptors (Lipinski definition) is 3. The zero-order valence-corrected chi connectivity index (χ0v) is 6.80. The van der Waals surface area contributed by atoms with Crippen molar-refractivity contribution in [1.82, 2.24) is 0 Å². The number of hydrogen-bond donors (Lipinski definition) is 1. The van der Waals surface area contributed by atoms with Crippen molar-refractivity contribution in [2.45, 2.75) is 24.5 Å². The minimum atomic E-state index is -3.06. The molecule has 1 aliphatic heterocycles. The minimum absolute atomic E-state index is 0.158. The summed E-state index contributed by atoms with van der Waals surface area (Å²) < 4.78 is 22.1. The van der Waals surface area contributed by atoms with Gasteiger partial charge in [-0.05, 0) is 12.8 Å². The fourth-order valence-corrected chi connectivity index (χ4v) is 3.11. The number of aliphatic carboxylic acids is 1. The summed E-state index contributed by atoms with van der Waals surface area (Å²) in [6, 6.07) is 0. The predicted molar refractivity (Wildman–Crippen MR) is 39.1 cm³/mol. The normalized spacial score (nSPS) is 28.5. The third-order valence-electron chi connectivity index (χ3n) is 1.87. The van der Waals surface area contributed by atoms with E-state index in [1.807, 2.05) is 0 Å². The third-order valence-corrected chi connectivity index (χ3v) is 4.14. The molecule has 0 spiro atoms. The third kappa shape index (κ3) is 1.92. The molecule has 0 unspecified atom stereocenters. The molecule has 0 aliphatic carbocycles. The maximum atomic E-state index is 11.0. The Morgan fingerprint density at radius 3 is 2.55 bits per heavy atom. The molecule has 1 heterocycles. The molecule has 4 nitrogen and oxygen atoms in total. The van der Waals surface area contributed by atoms with E-state index in [1.54, 1.807) is 0 Å². The van der Waals surface area contributed by atoms with Crippen LogP contribution in [0, 0.1) is 0 Å². The minimum Gasteiger partial charge on any atom is -0.481 e. The molecular formula is C6H10O4S. The highest BCUT2D eigenvalue weighted by molar-refractivity contribution is 7.92. The molecule has 1 aliphatic rings. The van der Waals surface area contributed by atoms with Gasteiger partial charge in [0.15, 0.2) is 9.84 Å². The Bertz CT molecular complexity index is 254. The van der Waals surface area contributed by atoms with Crippen LogP contribution in [0.25, 0.3) is 0 Å². The van der Waals surface area contributed by atoms with Gasteiger partial charge in [0.25, 0.3) is 0 Å². The SMILES string of the molecule is O=C(O)C[C@@H]1CCCS1(=O)=O. The summed E-state index contributed by atoms with van der Waals surface area (Å²) in [7, 11) is -3.06. The van der Waals surface area contributed by atoms with Crippen LogP contribution in [0.15, 0.2) is 0 Å². The molecule has 1 rings (SSSR count). The average molecular weight is 178 g/mol. The van der Waals surface area contributed by atoms with Gasteiger partial charge in [0.1, 0.15) is 0 Å². The maximum absolute atomic E-state index is 11.0. The van der Waals surface area contributed by atoms with Crippen LogP contribution in [-0.4, -0.2) is 30.5 Å². The van der Waals surface area contributed by atoms with Crippen LogP contribution in [0.2, 0.25) is 0 Å². The Balaban J connectivity index is 2.66. The average Bonchev–Trinajstić information content (AvgIpc) is 2.10. The zero-order chi connectivity index (χ0) is 8.48. The van der Waals surface area contributed by atoms with Crippen molar-refractivity contribution in [3.05, 3.63) is 0 Å². The van der Waals surface area contributed by atoms with E-state index in [4.69, 9.17) is 5.11 Å². The molecule has 0 saturated carbocycles. The zero-order valence-electron chi connectivity index (χ0n) is 5.99. The van der Waals surface area contributed by atoms with Gasteiger partial charge < -0.3 is 5.11 Å². The van der Waals surface area contributed by atoms with Gasteiger partial charge in [-0.25, -0.2) is 8.42 Å². The van der Waals surface area contributed by atoms with Gasteiger partial charge in [-0.2, -0.15) is 0 Å². The first kappa shape index (κ1) is 8.52. The van der Waals surface area contributed by atoms with Crippen molar-refractivity contribution in [3.63, 3.8) is 0 Å². The Kier molecular flexibility index (Phi) is 2.17. The van der Waals surface area contributed by atoms with Crippen LogP contribution in [-0.2, 0) is 14.6 Å². The molecule has 1 fully saturated rings. The molecule has 64 valence electrons. The summed E-state index contributed by atoms with van der Waals surface area (Å²) in [5, 5.41) is 7.72. The number of carboxylic acids is 1. The van der Waals surface area contributed by atoms with E-state index in [0.29, 0.717) is 12.8 Å². The van der Waals surface area contributed by atoms with Crippen LogP contribution in [0.3, 0.4) is 0 Å². The Morgan fingerprint density at radius 1 is 1.55 bits per heavy atom. The van der Waals surface area contributed by atoms with Crippen molar-refractivity contribution < 1.29 is 18.3 Å². The monoisotopic (exact) mass is 178 g/mol. The first-order chi connectivity index (χ1) is 5.02. The molecular weight excluding hydrogens is 168 g/mol. The van der Waals surface area contributed by atoms with Crippen LogP contribution >= 0.6 is 0 Å². The lowest BCUT2D eigenvalue weighted by molar-refractivity contribution is -0.137. The van der Waals surface area contributed by atoms with E-state index < -0.39 is 21.1 Å². The summed E-state index contributed by atoms with van der Waals surface area (Å²) >= 11 is 0. The van der Waals surface area contributed by atoms with Crippen LogP contribution in [0.5, 0.6) is 0 Å². The van der Waals surface area contributed by atoms with Crippen molar-refractivity contribution >= 4 is 15.8 Å². The summed E-state index contributed by atoms with van der Waals surface area (Å²) in [5.74, 6) is -0.870. The molecule has 1 atom stereocenters. The van der Waals surface area contributed by atoms with Crippen molar-refractivity contribution in [3.8, 4) is 0 Å². The van der Waals surface area contributed by atoms with E-state index in [1.165, 1.54) is 0 Å². The highest BCUT2D eigenvalue weighted by Gasteiger charge is 2.32. The summed E-state index contributed by atoms with van der Waals surface area (Å²) in [5.41, 5.74) is 0. The Labute approximate surface area is 65.1 Å². The first-order valence-corrected chi connectivity index (χ1v) is 5.17. The summed E-state index contributed by atoms with van der Waals surface area (Å²) in [6.07, 6.45) is 0.886. The molecule has 5 heteroatoms. The smallest absolute Gasteiger partial charge is 0.304 e. The van der Waals surface area contributed by atoms with E-state index in [0.717, 1.165) is 0 Å². The molecule has 0 bridgehead atoms. The number of rotatable bonds is 2. The lowest BCUT2D eigenvalue weighted by Crippen LogP contribution is -2.19. The molecule has 0 radical (unpaired) electrons. The van der Waals surface area contributed by atoms with Gasteiger partial charge in [0.2, 0.25) is 0 Å². The molecule has 0 aromatic heterocycles. The van der Waals surface area contributed by atoms with Crippen LogP contribution < -0.4 is 0 Å².